The second kappa shape index (κ2) is 4.38. The summed E-state index contributed by atoms with van der Waals surface area (Å²) < 4.78 is 6.88. The Morgan fingerprint density at radius 3 is 2.89 bits per heavy atom. The molecule has 0 bridgehead atoms. The summed E-state index contributed by atoms with van der Waals surface area (Å²) in [4.78, 5) is 21.9. The lowest BCUT2D eigenvalue weighted by Crippen LogP contribution is -2.35. The molecule has 1 aliphatic heterocycles. The highest BCUT2D eigenvalue weighted by Gasteiger charge is 2.43. The van der Waals surface area contributed by atoms with Crippen molar-refractivity contribution < 1.29 is 14.9 Å². The Hall–Kier alpha value is -1.81. The summed E-state index contributed by atoms with van der Waals surface area (Å²) in [5.74, 6) is 0. The van der Waals surface area contributed by atoms with Crippen molar-refractivity contribution in [3.05, 3.63) is 23.0 Å². The maximum atomic E-state index is 11.5. The molecule has 9 nitrogen and oxygen atoms in total. The number of nitrogens with zero attached hydrogens (tertiary/aromatic N) is 3. The summed E-state index contributed by atoms with van der Waals surface area (Å²) in [5.41, 5.74) is 5.48. The summed E-state index contributed by atoms with van der Waals surface area (Å²) in [7, 11) is 0. The molecule has 3 rings (SSSR count). The van der Waals surface area contributed by atoms with Gasteiger partial charge < -0.3 is 25.7 Å². The number of nitrogens with two attached hydrogens (primary N) is 1. The fraction of sp³-hybridized carbons (Fsp3) is 0.500. The van der Waals surface area contributed by atoms with Crippen LogP contribution in [-0.4, -0.2) is 54.6 Å². The Bertz CT molecular complexity index is 653. The van der Waals surface area contributed by atoms with Crippen LogP contribution < -0.4 is 11.3 Å². The highest BCUT2D eigenvalue weighted by atomic mass is 16.6. The summed E-state index contributed by atoms with van der Waals surface area (Å²) in [5, 5.41) is 19.7. The number of aliphatic hydroxyl groups is 2. The fourth-order valence-corrected chi connectivity index (χ4v) is 2.20. The lowest BCUT2D eigenvalue weighted by molar-refractivity contribution is -0.0322. The molecular formula is C10H13N5O4. The summed E-state index contributed by atoms with van der Waals surface area (Å²) in [6.45, 7) is 0.0787. The molecule has 1 saturated heterocycles. The molecule has 2 unspecified atom stereocenters. The molecule has 5 N–H and O–H groups in total. The van der Waals surface area contributed by atoms with E-state index in [1.54, 1.807) is 0 Å². The number of ether oxygens (including phenoxy) is 1. The zero-order valence-electron chi connectivity index (χ0n) is 9.80. The van der Waals surface area contributed by atoms with Crippen molar-refractivity contribution in [2.24, 2.45) is 5.73 Å². The maximum absolute atomic E-state index is 11.5. The Morgan fingerprint density at radius 1 is 1.42 bits per heavy atom. The second-order valence-electron chi connectivity index (χ2n) is 4.34. The van der Waals surface area contributed by atoms with Gasteiger partial charge in [-0.2, -0.15) is 0 Å². The van der Waals surface area contributed by atoms with Gasteiger partial charge in [-0.25, -0.2) is 9.97 Å². The second-order valence-corrected chi connectivity index (χ2v) is 4.34. The minimum atomic E-state index is -1.16. The summed E-state index contributed by atoms with van der Waals surface area (Å²) >= 11 is 0. The highest BCUT2D eigenvalue weighted by molar-refractivity contribution is 5.68. The predicted octanol–water partition coefficient (Wildman–Crippen LogP) is -2.30. The number of hydrogen-bond acceptors (Lipinski definition) is 7. The van der Waals surface area contributed by atoms with Crippen molar-refractivity contribution in [3.8, 4) is 0 Å². The number of H-pyrrole nitrogens is 1. The van der Waals surface area contributed by atoms with E-state index in [1.165, 1.54) is 17.2 Å². The SMILES string of the molecule is NC[C@H]1O[C@@H](n2cnc3c(=O)[nH]cnc32)C(O)C1O. The molecule has 9 heteroatoms. The molecule has 0 aliphatic carbocycles. The lowest BCUT2D eigenvalue weighted by atomic mass is 10.1. The first-order valence-electron chi connectivity index (χ1n) is 5.75. The van der Waals surface area contributed by atoms with Crippen molar-refractivity contribution in [1.82, 2.24) is 19.5 Å². The summed E-state index contributed by atoms with van der Waals surface area (Å²) in [6.07, 6.45) is -1.21. The Balaban J connectivity index is 2.06. The van der Waals surface area contributed by atoms with Crippen LogP contribution in [0.25, 0.3) is 11.2 Å². The van der Waals surface area contributed by atoms with E-state index in [0.29, 0.717) is 0 Å². The zero-order valence-corrected chi connectivity index (χ0v) is 9.80. The number of imidazole rings is 1. The van der Waals surface area contributed by atoms with E-state index in [2.05, 4.69) is 15.0 Å². The van der Waals surface area contributed by atoms with Crippen molar-refractivity contribution in [3.63, 3.8) is 0 Å². The van der Waals surface area contributed by atoms with E-state index >= 15 is 0 Å². The first-order valence-corrected chi connectivity index (χ1v) is 5.75. The number of aromatic amines is 1. The van der Waals surface area contributed by atoms with Gasteiger partial charge in [0.05, 0.1) is 12.7 Å². The quantitative estimate of drug-likeness (QED) is 0.479. The van der Waals surface area contributed by atoms with Gasteiger partial charge >= 0.3 is 0 Å². The monoisotopic (exact) mass is 267 g/mol. The standard InChI is InChI=1S/C10H13N5O4/c11-1-4-6(16)7(17)10(19-4)15-3-14-5-8(15)12-2-13-9(5)18/h2-4,6-7,10,16-17H,1,11H2,(H,12,13,18)/t4-,6?,7?,10-/m1/s1. The Labute approximate surface area is 106 Å². The molecule has 0 radical (unpaired) electrons. The number of fused-ring (bicyclic) bond motifs is 1. The molecule has 0 amide bonds. The smallest absolute Gasteiger partial charge is 0.278 e. The number of nitrogens with one attached hydrogen (secondary N) is 1. The topological polar surface area (TPSA) is 139 Å². The normalized spacial score (nSPS) is 31.1. The van der Waals surface area contributed by atoms with E-state index < -0.39 is 24.5 Å². The fourth-order valence-electron chi connectivity index (χ4n) is 2.20. The molecule has 1 fully saturated rings. The molecule has 2 aromatic heterocycles. The van der Waals surface area contributed by atoms with Crippen molar-refractivity contribution in [2.75, 3.05) is 6.54 Å². The molecular weight excluding hydrogens is 254 g/mol. The first-order chi connectivity index (χ1) is 9.13. The van der Waals surface area contributed by atoms with Crippen LogP contribution in [0, 0.1) is 0 Å². The lowest BCUT2D eigenvalue weighted by Gasteiger charge is -2.16. The average Bonchev–Trinajstić information content (AvgIpc) is 2.94. The minimum Gasteiger partial charge on any atom is -0.387 e. The van der Waals surface area contributed by atoms with Gasteiger partial charge in [0.2, 0.25) is 0 Å². The van der Waals surface area contributed by atoms with Crippen LogP contribution in [0.2, 0.25) is 0 Å². The van der Waals surface area contributed by atoms with E-state index in [4.69, 9.17) is 10.5 Å². The molecule has 4 atom stereocenters. The van der Waals surface area contributed by atoms with Gasteiger partial charge in [-0.15, -0.1) is 0 Å². The first kappa shape index (κ1) is 12.2. The zero-order chi connectivity index (χ0) is 13.6. The van der Waals surface area contributed by atoms with Crippen LogP contribution in [0.3, 0.4) is 0 Å². The van der Waals surface area contributed by atoms with Crippen LogP contribution in [0.4, 0.5) is 0 Å². The van der Waals surface area contributed by atoms with Gasteiger partial charge in [0.25, 0.3) is 5.56 Å². The third-order valence-corrected chi connectivity index (χ3v) is 3.21. The predicted molar refractivity (Wildman–Crippen MR) is 63.1 cm³/mol. The molecule has 102 valence electrons. The summed E-state index contributed by atoms with van der Waals surface area (Å²) in [6, 6.07) is 0. The van der Waals surface area contributed by atoms with Gasteiger partial charge in [0.1, 0.15) is 18.3 Å². The largest absolute Gasteiger partial charge is 0.387 e. The van der Waals surface area contributed by atoms with Gasteiger partial charge in [-0.1, -0.05) is 0 Å². The van der Waals surface area contributed by atoms with Crippen LogP contribution in [0.1, 0.15) is 6.23 Å². The number of aromatic nitrogens is 4. The van der Waals surface area contributed by atoms with Crippen LogP contribution in [0.15, 0.2) is 17.4 Å². The molecule has 3 heterocycles. The Kier molecular flexibility index (Phi) is 2.82. The number of aliphatic hydroxyl groups excluding tert-OH is 2. The third kappa shape index (κ3) is 1.75. The van der Waals surface area contributed by atoms with Gasteiger partial charge in [0, 0.05) is 6.54 Å². The van der Waals surface area contributed by atoms with Gasteiger partial charge in [-0.3, -0.25) is 9.36 Å². The van der Waals surface area contributed by atoms with Crippen molar-refractivity contribution >= 4 is 11.2 Å². The van der Waals surface area contributed by atoms with E-state index in [-0.39, 0.29) is 23.3 Å². The average molecular weight is 267 g/mol. The number of rotatable bonds is 2. The number of hydrogen-bond donors (Lipinski definition) is 4. The van der Waals surface area contributed by atoms with Crippen molar-refractivity contribution in [1.29, 1.82) is 0 Å². The van der Waals surface area contributed by atoms with Crippen LogP contribution in [0.5, 0.6) is 0 Å². The van der Waals surface area contributed by atoms with E-state index in [9.17, 15) is 15.0 Å². The maximum Gasteiger partial charge on any atom is 0.278 e. The van der Waals surface area contributed by atoms with Gasteiger partial charge in [0.15, 0.2) is 17.4 Å². The van der Waals surface area contributed by atoms with Crippen LogP contribution >= 0.6 is 0 Å². The molecule has 0 spiro atoms. The molecule has 19 heavy (non-hydrogen) atoms. The van der Waals surface area contributed by atoms with Gasteiger partial charge in [-0.05, 0) is 0 Å². The van der Waals surface area contributed by atoms with E-state index in [1.807, 2.05) is 0 Å². The molecule has 1 aliphatic rings. The third-order valence-electron chi connectivity index (χ3n) is 3.21. The van der Waals surface area contributed by atoms with Crippen molar-refractivity contribution in [2.45, 2.75) is 24.5 Å². The van der Waals surface area contributed by atoms with Crippen LogP contribution in [-0.2, 0) is 4.74 Å². The molecule has 0 saturated carbocycles. The molecule has 0 aromatic carbocycles. The Morgan fingerprint density at radius 2 is 2.21 bits per heavy atom. The minimum absolute atomic E-state index is 0.0787. The highest BCUT2D eigenvalue weighted by Crippen LogP contribution is 2.30. The van der Waals surface area contributed by atoms with E-state index in [0.717, 1.165) is 0 Å². The molecule has 2 aromatic rings.